The van der Waals surface area contributed by atoms with Gasteiger partial charge in [0.15, 0.2) is 0 Å². The van der Waals surface area contributed by atoms with Crippen LogP contribution in [0.5, 0.6) is 0 Å². The molecule has 5 heteroatoms. The number of ether oxygens (including phenoxy) is 1. The average molecular weight is 263 g/mol. The third-order valence-electron chi connectivity index (χ3n) is 3.20. The molecule has 1 aliphatic rings. The first kappa shape index (κ1) is 15.2. The van der Waals surface area contributed by atoms with E-state index in [4.69, 9.17) is 10.1 Å². The lowest BCUT2D eigenvalue weighted by Gasteiger charge is -2.29. The van der Waals surface area contributed by atoms with Crippen LogP contribution in [-0.4, -0.2) is 36.7 Å². The number of carbonyl (C=O) groups excluding carboxylic acids is 1. The molecule has 0 aromatic rings. The fourth-order valence-electron chi connectivity index (χ4n) is 1.99. The van der Waals surface area contributed by atoms with Gasteiger partial charge in [-0.15, -0.1) is 0 Å². The highest BCUT2D eigenvalue weighted by Crippen LogP contribution is 2.21. The Labute approximate surface area is 114 Å². The number of nitrogens with zero attached hydrogens (tertiary/aromatic N) is 1. The lowest BCUT2D eigenvalue weighted by molar-refractivity contribution is -0.123. The number of hydrogen-bond acceptors (Lipinski definition) is 4. The van der Waals surface area contributed by atoms with E-state index in [2.05, 4.69) is 22.9 Å². The molecule has 1 rings (SSSR count). The molecule has 0 saturated heterocycles. The first-order valence-electron chi connectivity index (χ1n) is 6.49. The molecule has 1 saturated carbocycles. The first-order chi connectivity index (χ1) is 9.17. The van der Waals surface area contributed by atoms with E-state index >= 15 is 0 Å². The minimum Gasteiger partial charge on any atom is -0.498 e. The van der Waals surface area contributed by atoms with E-state index < -0.39 is 0 Å². The van der Waals surface area contributed by atoms with Crippen LogP contribution in [0.3, 0.4) is 0 Å². The highest BCUT2D eigenvalue weighted by Gasteiger charge is 2.23. The van der Waals surface area contributed by atoms with Crippen LogP contribution in [0.25, 0.3) is 0 Å². The predicted octanol–water partition coefficient (Wildman–Crippen LogP) is 1.84. The summed E-state index contributed by atoms with van der Waals surface area (Å²) >= 11 is 0. The van der Waals surface area contributed by atoms with E-state index in [1.165, 1.54) is 6.08 Å². The quantitative estimate of drug-likeness (QED) is 0.436. The predicted molar refractivity (Wildman–Crippen MR) is 75.7 cm³/mol. The molecule has 1 unspecified atom stereocenters. The molecule has 0 spiro atoms. The molecule has 5 nitrogen and oxygen atoms in total. The topological polar surface area (TPSA) is 74.5 Å². The highest BCUT2D eigenvalue weighted by atomic mass is 16.5. The van der Waals surface area contributed by atoms with Gasteiger partial charge in [-0.2, -0.15) is 0 Å². The third-order valence-corrected chi connectivity index (χ3v) is 3.20. The van der Waals surface area contributed by atoms with Crippen molar-refractivity contribution in [2.45, 2.75) is 50.8 Å². The Hall–Kier alpha value is -1.87. The number of carbonyl (C=O) groups is 1. The van der Waals surface area contributed by atoms with Gasteiger partial charge >= 0.3 is 0 Å². The number of aliphatic imine (C=N–C) groups is 1. The summed E-state index contributed by atoms with van der Waals surface area (Å²) in [7, 11) is 0. The molecule has 19 heavy (non-hydrogen) atoms. The smallest absolute Gasteiger partial charge is 0.244 e. The van der Waals surface area contributed by atoms with Gasteiger partial charge in [0.25, 0.3) is 0 Å². The number of allylic oxidation sites excluding steroid dienone is 2. The monoisotopic (exact) mass is 263 g/mol. The summed E-state index contributed by atoms with van der Waals surface area (Å²) < 4.78 is 5.53. The van der Waals surface area contributed by atoms with E-state index in [1.807, 2.05) is 0 Å². The Bertz CT molecular complexity index is 378. The largest absolute Gasteiger partial charge is 0.498 e. The lowest BCUT2D eigenvalue weighted by atomic mass is 9.93. The third kappa shape index (κ3) is 5.53. The molecular formula is C14H21N3O2. The molecule has 0 radical (unpaired) electrons. The minimum absolute atomic E-state index is 0.0598. The maximum atomic E-state index is 11.7. The SMILES string of the molecule is C=NC(C)C(=O)NC1CCC(O/C=C/C=C=N)CC1. The molecule has 1 atom stereocenters. The Morgan fingerprint density at radius 1 is 1.53 bits per heavy atom. The van der Waals surface area contributed by atoms with Gasteiger partial charge in [-0.1, -0.05) is 0 Å². The van der Waals surface area contributed by atoms with Crippen molar-refractivity contribution in [2.75, 3.05) is 0 Å². The van der Waals surface area contributed by atoms with Crippen LogP contribution >= 0.6 is 0 Å². The van der Waals surface area contributed by atoms with Crippen LogP contribution in [0, 0.1) is 5.41 Å². The number of nitrogens with one attached hydrogen (secondary N) is 2. The summed E-state index contributed by atoms with van der Waals surface area (Å²) in [5, 5.41) is 9.68. The van der Waals surface area contributed by atoms with Gasteiger partial charge in [0.1, 0.15) is 6.04 Å². The van der Waals surface area contributed by atoms with E-state index in [1.54, 1.807) is 19.3 Å². The second kappa shape index (κ2) is 8.27. The van der Waals surface area contributed by atoms with Gasteiger partial charge in [-0.05, 0) is 51.3 Å². The highest BCUT2D eigenvalue weighted by molar-refractivity contribution is 5.82. The van der Waals surface area contributed by atoms with Crippen molar-refractivity contribution in [1.29, 1.82) is 5.41 Å². The van der Waals surface area contributed by atoms with E-state index in [0.717, 1.165) is 25.7 Å². The summed E-state index contributed by atoms with van der Waals surface area (Å²) in [6.07, 6.45) is 8.57. The van der Waals surface area contributed by atoms with Crippen molar-refractivity contribution in [1.82, 2.24) is 5.32 Å². The summed E-state index contributed by atoms with van der Waals surface area (Å²) in [5.74, 6) is 2.09. The molecule has 1 fully saturated rings. The van der Waals surface area contributed by atoms with Crippen molar-refractivity contribution in [2.24, 2.45) is 4.99 Å². The normalized spacial score (nSPS) is 24.3. The first-order valence-corrected chi connectivity index (χ1v) is 6.49. The van der Waals surface area contributed by atoms with Crippen molar-refractivity contribution in [3.8, 4) is 0 Å². The average Bonchev–Trinajstić information content (AvgIpc) is 2.44. The molecule has 0 aliphatic heterocycles. The van der Waals surface area contributed by atoms with Crippen LogP contribution in [0.1, 0.15) is 32.6 Å². The summed E-state index contributed by atoms with van der Waals surface area (Å²) in [5.41, 5.74) is 0. The standard InChI is InChI=1S/C14H21N3O2/c1-11(16-2)14(18)17-12-5-7-13(8-6-12)19-10-4-3-9-15/h3-4,10-13,15H,2,5-8H2,1H3,(H,17,18)/b10-4+. The van der Waals surface area contributed by atoms with Crippen LogP contribution in [0.4, 0.5) is 0 Å². The molecule has 0 aromatic heterocycles. The number of hydrogen-bond donors (Lipinski definition) is 2. The van der Waals surface area contributed by atoms with Crippen molar-refractivity contribution in [3.63, 3.8) is 0 Å². The zero-order valence-corrected chi connectivity index (χ0v) is 11.3. The number of amides is 1. The van der Waals surface area contributed by atoms with Gasteiger partial charge in [-0.25, -0.2) is 0 Å². The van der Waals surface area contributed by atoms with Gasteiger partial charge in [0, 0.05) is 12.1 Å². The summed E-state index contributed by atoms with van der Waals surface area (Å²) in [4.78, 5) is 15.4. The van der Waals surface area contributed by atoms with Gasteiger partial charge in [-0.3, -0.25) is 15.2 Å². The Morgan fingerprint density at radius 3 is 2.79 bits per heavy atom. The Balaban J connectivity index is 2.27. The van der Waals surface area contributed by atoms with Gasteiger partial charge < -0.3 is 10.1 Å². The summed E-state index contributed by atoms with van der Waals surface area (Å²) in [6.45, 7) is 5.11. The van der Waals surface area contributed by atoms with Crippen LogP contribution in [0.2, 0.25) is 0 Å². The fourth-order valence-corrected chi connectivity index (χ4v) is 1.99. The maximum absolute atomic E-state index is 11.7. The Kier molecular flexibility index (Phi) is 6.61. The second-order valence-electron chi connectivity index (χ2n) is 4.62. The summed E-state index contributed by atoms with van der Waals surface area (Å²) in [6, 6.07) is -0.174. The lowest BCUT2D eigenvalue weighted by Crippen LogP contribution is -2.42. The molecule has 0 heterocycles. The van der Waals surface area contributed by atoms with Crippen molar-refractivity contribution < 1.29 is 9.53 Å². The Morgan fingerprint density at radius 2 is 2.21 bits per heavy atom. The molecule has 1 amide bonds. The van der Waals surface area contributed by atoms with E-state index in [9.17, 15) is 4.79 Å². The zero-order chi connectivity index (χ0) is 14.1. The molecule has 1 aliphatic carbocycles. The number of rotatable bonds is 6. The maximum Gasteiger partial charge on any atom is 0.244 e. The molecule has 0 aromatic carbocycles. The second-order valence-corrected chi connectivity index (χ2v) is 4.62. The van der Waals surface area contributed by atoms with Gasteiger partial charge in [0.05, 0.1) is 12.4 Å². The molecule has 2 N–H and O–H groups in total. The van der Waals surface area contributed by atoms with Crippen molar-refractivity contribution >= 4 is 18.5 Å². The molecular weight excluding hydrogens is 242 g/mol. The van der Waals surface area contributed by atoms with Crippen LogP contribution in [-0.2, 0) is 9.53 Å². The van der Waals surface area contributed by atoms with Crippen LogP contribution in [0.15, 0.2) is 23.4 Å². The fraction of sp³-hybridized carbons (Fsp3) is 0.571. The van der Waals surface area contributed by atoms with Crippen LogP contribution < -0.4 is 5.32 Å². The van der Waals surface area contributed by atoms with E-state index in [0.29, 0.717) is 0 Å². The van der Waals surface area contributed by atoms with Gasteiger partial charge in [0.2, 0.25) is 5.91 Å². The van der Waals surface area contributed by atoms with Crippen molar-refractivity contribution in [3.05, 3.63) is 18.4 Å². The zero-order valence-electron chi connectivity index (χ0n) is 11.3. The minimum atomic E-state index is -0.384. The van der Waals surface area contributed by atoms with E-state index in [-0.39, 0.29) is 24.1 Å². The molecule has 104 valence electrons. The molecule has 0 bridgehead atoms.